The van der Waals surface area contributed by atoms with Crippen LogP contribution in [0.2, 0.25) is 0 Å². The lowest BCUT2D eigenvalue weighted by molar-refractivity contribution is 0.594. The second-order valence-electron chi connectivity index (χ2n) is 4.43. The van der Waals surface area contributed by atoms with Gasteiger partial charge in [-0.05, 0) is 33.0 Å². The highest BCUT2D eigenvalue weighted by Crippen LogP contribution is 2.19. The van der Waals surface area contributed by atoms with E-state index in [0.29, 0.717) is 12.1 Å². The first-order chi connectivity index (χ1) is 9.44. The van der Waals surface area contributed by atoms with Crippen LogP contribution in [-0.2, 0) is 16.6 Å². The van der Waals surface area contributed by atoms with Crippen LogP contribution < -0.4 is 10.0 Å². The van der Waals surface area contributed by atoms with Crippen molar-refractivity contribution in [2.75, 3.05) is 11.8 Å². The molecule has 3 N–H and O–H groups in total. The third-order valence-corrected chi connectivity index (χ3v) is 4.10. The van der Waals surface area contributed by atoms with Crippen molar-refractivity contribution in [3.63, 3.8) is 0 Å². The van der Waals surface area contributed by atoms with Crippen LogP contribution in [0.25, 0.3) is 0 Å². The monoisotopic (exact) mass is 295 g/mol. The van der Waals surface area contributed by atoms with Crippen LogP contribution in [0.15, 0.2) is 23.2 Å². The molecule has 0 unspecified atom stereocenters. The van der Waals surface area contributed by atoms with Gasteiger partial charge in [-0.2, -0.15) is 13.5 Å². The molecule has 0 spiro atoms. The summed E-state index contributed by atoms with van der Waals surface area (Å²) in [4.78, 5) is 4.12. The molecule has 0 saturated carbocycles. The molecular formula is C12H17N5O2S. The zero-order valence-electron chi connectivity index (χ0n) is 11.6. The molecule has 2 aromatic rings. The number of anilines is 1. The standard InChI is InChI=1S/C12H17N5O2S/c1-8-5-4-6-11(14-8)17-20(18,19)12-10(7-13-3)9(2)15-16-12/h4-6,13H,7H2,1-3H3,(H,14,17)(H,15,16). The molecule has 108 valence electrons. The van der Waals surface area contributed by atoms with Crippen LogP contribution in [0.4, 0.5) is 5.82 Å². The van der Waals surface area contributed by atoms with Crippen LogP contribution >= 0.6 is 0 Å². The number of aryl methyl sites for hydroxylation is 2. The first-order valence-corrected chi connectivity index (χ1v) is 7.57. The molecule has 20 heavy (non-hydrogen) atoms. The van der Waals surface area contributed by atoms with E-state index in [1.165, 1.54) is 0 Å². The van der Waals surface area contributed by atoms with E-state index >= 15 is 0 Å². The number of sulfonamides is 1. The number of pyridine rings is 1. The fraction of sp³-hybridized carbons (Fsp3) is 0.333. The Bertz CT molecular complexity index is 708. The second-order valence-corrected chi connectivity index (χ2v) is 6.03. The summed E-state index contributed by atoms with van der Waals surface area (Å²) >= 11 is 0. The van der Waals surface area contributed by atoms with E-state index in [-0.39, 0.29) is 10.8 Å². The minimum atomic E-state index is -3.76. The zero-order chi connectivity index (χ0) is 14.8. The van der Waals surface area contributed by atoms with Gasteiger partial charge in [0, 0.05) is 23.5 Å². The van der Waals surface area contributed by atoms with Gasteiger partial charge in [0.1, 0.15) is 5.82 Å². The van der Waals surface area contributed by atoms with Crippen LogP contribution in [0.5, 0.6) is 0 Å². The van der Waals surface area contributed by atoms with E-state index in [1.807, 2.05) is 0 Å². The summed E-state index contributed by atoms with van der Waals surface area (Å²) in [5.74, 6) is 0.279. The SMILES string of the molecule is CNCc1c(S(=O)(=O)Nc2cccc(C)n2)n[nH]c1C. The molecule has 2 rings (SSSR count). The van der Waals surface area contributed by atoms with E-state index in [1.54, 1.807) is 39.1 Å². The lowest BCUT2D eigenvalue weighted by atomic mass is 10.3. The quantitative estimate of drug-likeness (QED) is 0.762. The number of aromatic amines is 1. The van der Waals surface area contributed by atoms with Gasteiger partial charge in [0.15, 0.2) is 0 Å². The van der Waals surface area contributed by atoms with Crippen molar-refractivity contribution in [3.8, 4) is 0 Å². The Morgan fingerprint density at radius 3 is 2.70 bits per heavy atom. The number of nitrogens with zero attached hydrogens (tertiary/aromatic N) is 2. The van der Waals surface area contributed by atoms with E-state index in [2.05, 4.69) is 25.2 Å². The zero-order valence-corrected chi connectivity index (χ0v) is 12.4. The molecule has 7 nitrogen and oxygen atoms in total. The van der Waals surface area contributed by atoms with Crippen LogP contribution in [-0.4, -0.2) is 30.6 Å². The highest BCUT2D eigenvalue weighted by Gasteiger charge is 2.23. The maximum Gasteiger partial charge on any atom is 0.282 e. The Hall–Kier alpha value is -1.93. The first kappa shape index (κ1) is 14.5. The number of aromatic nitrogens is 3. The summed E-state index contributed by atoms with van der Waals surface area (Å²) in [5.41, 5.74) is 2.07. The predicted molar refractivity (Wildman–Crippen MR) is 75.9 cm³/mol. The topological polar surface area (TPSA) is 99.8 Å². The summed E-state index contributed by atoms with van der Waals surface area (Å²) in [6, 6.07) is 5.13. The molecule has 0 bridgehead atoms. The number of nitrogens with one attached hydrogen (secondary N) is 3. The molecular weight excluding hydrogens is 278 g/mol. The van der Waals surface area contributed by atoms with Gasteiger partial charge in [0.05, 0.1) is 0 Å². The molecule has 8 heteroatoms. The largest absolute Gasteiger partial charge is 0.316 e. The predicted octanol–water partition coefficient (Wildman–Crippen LogP) is 0.942. The van der Waals surface area contributed by atoms with Crippen molar-refractivity contribution in [1.82, 2.24) is 20.5 Å². The van der Waals surface area contributed by atoms with Crippen LogP contribution in [0, 0.1) is 13.8 Å². The molecule has 0 aliphatic heterocycles. The highest BCUT2D eigenvalue weighted by atomic mass is 32.2. The van der Waals surface area contributed by atoms with Gasteiger partial charge in [-0.15, -0.1) is 0 Å². The Labute approximate surface area is 117 Å². The molecule has 0 saturated heterocycles. The van der Waals surface area contributed by atoms with Gasteiger partial charge in [-0.3, -0.25) is 9.82 Å². The summed E-state index contributed by atoms with van der Waals surface area (Å²) in [6.45, 7) is 3.99. The smallest absolute Gasteiger partial charge is 0.282 e. The maximum absolute atomic E-state index is 12.4. The number of rotatable bonds is 5. The lowest BCUT2D eigenvalue weighted by Crippen LogP contribution is -2.18. The van der Waals surface area contributed by atoms with Crippen molar-refractivity contribution in [3.05, 3.63) is 35.2 Å². The molecule has 0 amide bonds. The van der Waals surface area contributed by atoms with Crippen molar-refractivity contribution < 1.29 is 8.42 Å². The second kappa shape index (κ2) is 5.59. The van der Waals surface area contributed by atoms with E-state index in [0.717, 1.165) is 11.4 Å². The van der Waals surface area contributed by atoms with E-state index < -0.39 is 10.0 Å². The maximum atomic E-state index is 12.4. The van der Waals surface area contributed by atoms with Gasteiger partial charge < -0.3 is 5.32 Å². The highest BCUT2D eigenvalue weighted by molar-refractivity contribution is 7.92. The van der Waals surface area contributed by atoms with Gasteiger partial charge in [0.25, 0.3) is 10.0 Å². The van der Waals surface area contributed by atoms with Crippen molar-refractivity contribution in [1.29, 1.82) is 0 Å². The number of hydrogen-bond acceptors (Lipinski definition) is 5. The molecule has 2 aromatic heterocycles. The molecule has 0 aliphatic carbocycles. The first-order valence-electron chi connectivity index (χ1n) is 6.09. The Balaban J connectivity index is 2.36. The van der Waals surface area contributed by atoms with E-state index in [9.17, 15) is 8.42 Å². The summed E-state index contributed by atoms with van der Waals surface area (Å²) in [5, 5.41) is 9.50. The normalized spacial score (nSPS) is 11.6. The third-order valence-electron chi connectivity index (χ3n) is 2.77. The van der Waals surface area contributed by atoms with E-state index in [4.69, 9.17) is 0 Å². The third kappa shape index (κ3) is 2.97. The number of H-pyrrole nitrogens is 1. The van der Waals surface area contributed by atoms with Crippen molar-refractivity contribution in [2.24, 2.45) is 0 Å². The fourth-order valence-corrected chi connectivity index (χ4v) is 3.02. The number of hydrogen-bond donors (Lipinski definition) is 3. The summed E-state index contributed by atoms with van der Waals surface area (Å²) in [6.07, 6.45) is 0. The minimum absolute atomic E-state index is 0.00680. The van der Waals surface area contributed by atoms with Crippen LogP contribution in [0.1, 0.15) is 17.0 Å². The molecule has 0 aromatic carbocycles. The van der Waals surface area contributed by atoms with Gasteiger partial charge in [-0.1, -0.05) is 6.07 Å². The Morgan fingerprint density at radius 2 is 2.05 bits per heavy atom. The van der Waals surface area contributed by atoms with Crippen molar-refractivity contribution in [2.45, 2.75) is 25.4 Å². The minimum Gasteiger partial charge on any atom is -0.316 e. The lowest BCUT2D eigenvalue weighted by Gasteiger charge is -2.07. The van der Waals surface area contributed by atoms with Gasteiger partial charge >= 0.3 is 0 Å². The summed E-state index contributed by atoms with van der Waals surface area (Å²) in [7, 11) is -2.01. The van der Waals surface area contributed by atoms with Crippen LogP contribution in [0.3, 0.4) is 0 Å². The fourth-order valence-electron chi connectivity index (χ4n) is 1.82. The molecule has 0 aliphatic rings. The molecule has 0 atom stereocenters. The average Bonchev–Trinajstić information content (AvgIpc) is 2.72. The average molecular weight is 295 g/mol. The Kier molecular flexibility index (Phi) is 4.05. The van der Waals surface area contributed by atoms with Crippen molar-refractivity contribution >= 4 is 15.8 Å². The molecule has 0 fully saturated rings. The summed E-state index contributed by atoms with van der Waals surface area (Å²) < 4.78 is 27.2. The van der Waals surface area contributed by atoms with Gasteiger partial charge in [-0.25, -0.2) is 4.98 Å². The molecule has 0 radical (unpaired) electrons. The van der Waals surface area contributed by atoms with Gasteiger partial charge in [0.2, 0.25) is 5.03 Å². The molecule has 2 heterocycles. The Morgan fingerprint density at radius 1 is 1.30 bits per heavy atom.